The summed E-state index contributed by atoms with van der Waals surface area (Å²) >= 11 is 0. The van der Waals surface area contributed by atoms with Gasteiger partial charge in [-0.1, -0.05) is 12.1 Å². The molecule has 1 aliphatic rings. The molecule has 0 fully saturated rings. The van der Waals surface area contributed by atoms with Gasteiger partial charge in [-0.2, -0.15) is 0 Å². The van der Waals surface area contributed by atoms with Crippen LogP contribution in [-0.2, 0) is 0 Å². The number of ether oxygens (including phenoxy) is 3. The SMILES string of the molecule is Cc1ccc(C)c(Oc2c(O)ccc3c2OCO3)c1C. The summed E-state index contributed by atoms with van der Waals surface area (Å²) in [5.41, 5.74) is 3.18. The molecule has 2 aromatic rings. The van der Waals surface area contributed by atoms with Gasteiger partial charge in [-0.25, -0.2) is 0 Å². The fraction of sp³-hybridized carbons (Fsp3) is 0.250. The van der Waals surface area contributed by atoms with Gasteiger partial charge in [0.2, 0.25) is 18.3 Å². The number of benzene rings is 2. The molecule has 0 spiro atoms. The van der Waals surface area contributed by atoms with E-state index in [4.69, 9.17) is 14.2 Å². The van der Waals surface area contributed by atoms with Crippen LogP contribution < -0.4 is 14.2 Å². The molecule has 0 saturated heterocycles. The van der Waals surface area contributed by atoms with E-state index in [0.29, 0.717) is 17.2 Å². The first-order valence-corrected chi connectivity index (χ1v) is 6.44. The average Bonchev–Trinajstić information content (AvgIpc) is 2.90. The number of phenols is 1. The molecule has 4 heteroatoms. The molecule has 0 aromatic heterocycles. The van der Waals surface area contributed by atoms with Crippen LogP contribution in [0.4, 0.5) is 0 Å². The van der Waals surface area contributed by atoms with Gasteiger partial charge < -0.3 is 19.3 Å². The summed E-state index contributed by atoms with van der Waals surface area (Å²) in [6.07, 6.45) is 0. The van der Waals surface area contributed by atoms with Crippen LogP contribution in [0.3, 0.4) is 0 Å². The van der Waals surface area contributed by atoms with Crippen molar-refractivity contribution in [3.05, 3.63) is 41.0 Å². The third-order valence-corrected chi connectivity index (χ3v) is 3.55. The van der Waals surface area contributed by atoms with E-state index >= 15 is 0 Å². The maximum absolute atomic E-state index is 10.0. The summed E-state index contributed by atoms with van der Waals surface area (Å²) in [5, 5.41) is 10.0. The lowest BCUT2D eigenvalue weighted by atomic mass is 10.1. The quantitative estimate of drug-likeness (QED) is 0.902. The smallest absolute Gasteiger partial charge is 0.231 e. The second-order valence-corrected chi connectivity index (χ2v) is 4.90. The fourth-order valence-corrected chi connectivity index (χ4v) is 2.22. The zero-order valence-corrected chi connectivity index (χ0v) is 11.7. The predicted octanol–water partition coefficient (Wildman–Crippen LogP) is 3.84. The Hall–Kier alpha value is -2.36. The van der Waals surface area contributed by atoms with E-state index in [1.165, 1.54) is 0 Å². The summed E-state index contributed by atoms with van der Waals surface area (Å²) < 4.78 is 16.6. The summed E-state index contributed by atoms with van der Waals surface area (Å²) in [6.45, 7) is 6.13. The van der Waals surface area contributed by atoms with E-state index in [1.807, 2.05) is 32.9 Å². The Morgan fingerprint density at radius 2 is 1.70 bits per heavy atom. The van der Waals surface area contributed by atoms with E-state index < -0.39 is 0 Å². The molecule has 0 atom stereocenters. The van der Waals surface area contributed by atoms with Crippen LogP contribution in [0.5, 0.6) is 28.7 Å². The summed E-state index contributed by atoms with van der Waals surface area (Å²) in [5.74, 6) is 2.11. The van der Waals surface area contributed by atoms with Crippen LogP contribution in [0.2, 0.25) is 0 Å². The van der Waals surface area contributed by atoms with Crippen molar-refractivity contribution < 1.29 is 19.3 Å². The summed E-state index contributed by atoms with van der Waals surface area (Å²) in [7, 11) is 0. The van der Waals surface area contributed by atoms with E-state index in [1.54, 1.807) is 12.1 Å². The molecule has 1 aliphatic heterocycles. The van der Waals surface area contributed by atoms with Gasteiger partial charge in [0.25, 0.3) is 0 Å². The maximum atomic E-state index is 10.0. The van der Waals surface area contributed by atoms with Crippen molar-refractivity contribution in [2.75, 3.05) is 6.79 Å². The highest BCUT2D eigenvalue weighted by Crippen LogP contribution is 2.48. The lowest BCUT2D eigenvalue weighted by Gasteiger charge is -2.15. The highest BCUT2D eigenvalue weighted by atomic mass is 16.7. The first kappa shape index (κ1) is 12.7. The van der Waals surface area contributed by atoms with Crippen LogP contribution >= 0.6 is 0 Å². The minimum Gasteiger partial charge on any atom is -0.504 e. The predicted molar refractivity (Wildman–Crippen MR) is 75.0 cm³/mol. The molecule has 104 valence electrons. The Kier molecular flexibility index (Phi) is 2.93. The van der Waals surface area contributed by atoms with Gasteiger partial charge in [0.05, 0.1) is 0 Å². The highest BCUT2D eigenvalue weighted by molar-refractivity contribution is 5.61. The monoisotopic (exact) mass is 272 g/mol. The van der Waals surface area contributed by atoms with Gasteiger partial charge in [0.15, 0.2) is 11.5 Å². The lowest BCUT2D eigenvalue weighted by molar-refractivity contribution is 0.171. The zero-order valence-electron chi connectivity index (χ0n) is 11.7. The molecule has 1 heterocycles. The van der Waals surface area contributed by atoms with Gasteiger partial charge >= 0.3 is 0 Å². The molecule has 0 amide bonds. The summed E-state index contributed by atoms with van der Waals surface area (Å²) in [4.78, 5) is 0. The number of rotatable bonds is 2. The van der Waals surface area contributed by atoms with E-state index in [9.17, 15) is 5.11 Å². The van der Waals surface area contributed by atoms with Crippen LogP contribution in [0.25, 0.3) is 0 Å². The molecule has 0 bridgehead atoms. The molecular weight excluding hydrogens is 256 g/mol. The number of hydrogen-bond acceptors (Lipinski definition) is 4. The first-order valence-electron chi connectivity index (χ1n) is 6.44. The Balaban J connectivity index is 2.09. The zero-order chi connectivity index (χ0) is 14.3. The molecule has 4 nitrogen and oxygen atoms in total. The van der Waals surface area contributed by atoms with Crippen LogP contribution in [0.1, 0.15) is 16.7 Å². The van der Waals surface area contributed by atoms with Crippen LogP contribution in [0.15, 0.2) is 24.3 Å². The van der Waals surface area contributed by atoms with Gasteiger partial charge in [-0.3, -0.25) is 0 Å². The van der Waals surface area contributed by atoms with Gasteiger partial charge in [0.1, 0.15) is 5.75 Å². The third kappa shape index (κ3) is 1.93. The highest BCUT2D eigenvalue weighted by Gasteiger charge is 2.23. The molecule has 20 heavy (non-hydrogen) atoms. The fourth-order valence-electron chi connectivity index (χ4n) is 2.22. The van der Waals surface area contributed by atoms with Gasteiger partial charge in [0, 0.05) is 0 Å². The first-order chi connectivity index (χ1) is 9.58. The Morgan fingerprint density at radius 3 is 2.50 bits per heavy atom. The molecule has 2 aromatic carbocycles. The molecule has 0 unspecified atom stereocenters. The topological polar surface area (TPSA) is 47.9 Å². The minimum atomic E-state index is 0.0366. The summed E-state index contributed by atoms with van der Waals surface area (Å²) in [6, 6.07) is 7.26. The molecule has 1 N–H and O–H groups in total. The number of hydrogen-bond donors (Lipinski definition) is 1. The number of aromatic hydroxyl groups is 1. The second-order valence-electron chi connectivity index (χ2n) is 4.90. The Labute approximate surface area is 117 Å². The molecule has 0 radical (unpaired) electrons. The lowest BCUT2D eigenvalue weighted by Crippen LogP contribution is -1.96. The second kappa shape index (κ2) is 4.63. The standard InChI is InChI=1S/C16H16O4/c1-9-4-5-10(2)14(11(9)3)20-15-12(17)6-7-13-16(15)19-8-18-13/h4-7,17H,8H2,1-3H3. The van der Waals surface area contributed by atoms with Crippen molar-refractivity contribution >= 4 is 0 Å². The molecule has 0 aliphatic carbocycles. The largest absolute Gasteiger partial charge is 0.504 e. The Bertz CT molecular complexity index is 677. The number of fused-ring (bicyclic) bond motifs is 1. The van der Waals surface area contributed by atoms with E-state index in [2.05, 4.69) is 0 Å². The van der Waals surface area contributed by atoms with Gasteiger partial charge in [-0.15, -0.1) is 0 Å². The van der Waals surface area contributed by atoms with Crippen LogP contribution in [-0.4, -0.2) is 11.9 Å². The minimum absolute atomic E-state index is 0.0366. The van der Waals surface area contributed by atoms with Crippen molar-refractivity contribution in [2.45, 2.75) is 20.8 Å². The van der Waals surface area contributed by atoms with Crippen molar-refractivity contribution in [2.24, 2.45) is 0 Å². The van der Waals surface area contributed by atoms with Crippen molar-refractivity contribution in [3.8, 4) is 28.7 Å². The van der Waals surface area contributed by atoms with Crippen LogP contribution in [0, 0.1) is 20.8 Å². The van der Waals surface area contributed by atoms with E-state index in [0.717, 1.165) is 22.4 Å². The van der Waals surface area contributed by atoms with Crippen molar-refractivity contribution in [1.29, 1.82) is 0 Å². The maximum Gasteiger partial charge on any atom is 0.231 e. The van der Waals surface area contributed by atoms with Crippen molar-refractivity contribution in [3.63, 3.8) is 0 Å². The van der Waals surface area contributed by atoms with Crippen molar-refractivity contribution in [1.82, 2.24) is 0 Å². The molecular formula is C16H16O4. The molecule has 3 rings (SSSR count). The number of phenolic OH excluding ortho intramolecular Hbond substituents is 1. The third-order valence-electron chi connectivity index (χ3n) is 3.55. The number of aryl methyl sites for hydroxylation is 2. The van der Waals surface area contributed by atoms with E-state index in [-0.39, 0.29) is 12.5 Å². The average molecular weight is 272 g/mol. The molecule has 0 saturated carbocycles. The normalized spacial score (nSPS) is 12.6. The Morgan fingerprint density at radius 1 is 0.950 bits per heavy atom. The van der Waals surface area contributed by atoms with Gasteiger partial charge in [-0.05, 0) is 49.6 Å².